The number of benzene rings is 3. The number of fused-ring (bicyclic) bond motifs is 4. The number of hydrogen-bond acceptors (Lipinski definition) is 4. The molecule has 2 saturated carbocycles. The molecule has 1 heterocycles. The van der Waals surface area contributed by atoms with Gasteiger partial charge in [-0.25, -0.2) is 4.39 Å². The lowest BCUT2D eigenvalue weighted by atomic mass is 9.51. The van der Waals surface area contributed by atoms with Gasteiger partial charge in [-0.2, -0.15) is 0 Å². The molecule has 6 rings (SSSR count). The number of aliphatic hydroxyl groups excluding tert-OH is 1. The summed E-state index contributed by atoms with van der Waals surface area (Å²) in [5.74, 6) is 2.40. The molecule has 3 N–H and O–H groups in total. The van der Waals surface area contributed by atoms with Gasteiger partial charge in [-0.15, -0.1) is 0 Å². The maximum Gasteiger partial charge on any atom is 0.146 e. The largest absolute Gasteiger partial charge is 0.497 e. The van der Waals surface area contributed by atoms with Crippen molar-refractivity contribution in [2.24, 2.45) is 23.2 Å². The number of nitrogens with one attached hydrogen (secondary N) is 2. The van der Waals surface area contributed by atoms with E-state index in [1.807, 2.05) is 0 Å². The van der Waals surface area contributed by atoms with Gasteiger partial charge in [-0.1, -0.05) is 55.5 Å². The molecule has 3 aliphatic rings. The van der Waals surface area contributed by atoms with E-state index in [0.29, 0.717) is 29.5 Å². The standard InChI is InChI=1S/C35H43FN2O2/c1-23-26(12-8-11-24-9-4-3-5-10-24)22-35(32-28-16-15-27(40-2)21-31(28)37-33(23)32)19-17-25(18-20-35)34(39)38-30-14-7-6-13-29(30)36/h3-7,9-10,13-16,21,23,25-26,32-34,37-39H,8,11-12,17-20,22H2,1-2H3. The van der Waals surface area contributed by atoms with Gasteiger partial charge in [-0.05, 0) is 97.9 Å². The summed E-state index contributed by atoms with van der Waals surface area (Å²) in [6.45, 7) is 2.46. The fraction of sp³-hybridized carbons (Fsp3) is 0.486. The summed E-state index contributed by atoms with van der Waals surface area (Å²) in [7, 11) is 1.73. The lowest BCUT2D eigenvalue weighted by molar-refractivity contribution is -0.0106. The zero-order valence-corrected chi connectivity index (χ0v) is 23.8. The SMILES string of the molecule is COc1ccc2c(c1)NC1C(C)C(CCCc3ccccc3)CC3(CCC(C(O)Nc4ccccc4F)CC3)C21. The molecule has 0 saturated heterocycles. The highest BCUT2D eigenvalue weighted by Crippen LogP contribution is 2.63. The van der Waals surface area contributed by atoms with Gasteiger partial charge >= 0.3 is 0 Å². The van der Waals surface area contributed by atoms with Crippen LogP contribution in [0, 0.1) is 29.0 Å². The molecule has 5 unspecified atom stereocenters. The highest BCUT2D eigenvalue weighted by Gasteiger charge is 2.56. The molecule has 2 aliphatic carbocycles. The molecule has 2 fully saturated rings. The minimum absolute atomic E-state index is 0.115. The third-order valence-corrected chi connectivity index (χ3v) is 10.4. The van der Waals surface area contributed by atoms with E-state index in [-0.39, 0.29) is 17.2 Å². The molecular formula is C35H43FN2O2. The number of rotatable bonds is 8. The van der Waals surface area contributed by atoms with Crippen molar-refractivity contribution in [2.75, 3.05) is 17.7 Å². The second-order valence-electron chi connectivity index (χ2n) is 12.6. The number of aryl methyl sites for hydroxylation is 1. The summed E-state index contributed by atoms with van der Waals surface area (Å²) in [5, 5.41) is 18.1. The van der Waals surface area contributed by atoms with Crippen LogP contribution in [0.5, 0.6) is 5.75 Å². The molecule has 5 heteroatoms. The number of halogens is 1. The van der Waals surface area contributed by atoms with Crippen molar-refractivity contribution >= 4 is 11.4 Å². The molecule has 4 nitrogen and oxygen atoms in total. The number of methoxy groups -OCH3 is 1. The number of anilines is 2. The Morgan fingerprint density at radius 2 is 1.80 bits per heavy atom. The third kappa shape index (κ3) is 5.21. The molecule has 40 heavy (non-hydrogen) atoms. The molecule has 3 aromatic carbocycles. The average molecular weight is 543 g/mol. The van der Waals surface area contributed by atoms with E-state index in [1.165, 1.54) is 42.1 Å². The van der Waals surface area contributed by atoms with Gasteiger partial charge in [0.1, 0.15) is 17.8 Å². The molecule has 3 aromatic rings. The van der Waals surface area contributed by atoms with Crippen molar-refractivity contribution in [1.29, 1.82) is 0 Å². The van der Waals surface area contributed by atoms with E-state index in [9.17, 15) is 9.50 Å². The monoisotopic (exact) mass is 542 g/mol. The number of hydrogen-bond donors (Lipinski definition) is 3. The summed E-state index contributed by atoms with van der Waals surface area (Å²) in [4.78, 5) is 0. The van der Waals surface area contributed by atoms with Crippen LogP contribution in [0.3, 0.4) is 0 Å². The second kappa shape index (κ2) is 11.4. The molecule has 5 atom stereocenters. The highest BCUT2D eigenvalue weighted by molar-refractivity contribution is 5.63. The lowest BCUT2D eigenvalue weighted by Gasteiger charge is -2.55. The van der Waals surface area contributed by atoms with Gasteiger partial charge in [0, 0.05) is 29.6 Å². The highest BCUT2D eigenvalue weighted by atomic mass is 19.1. The van der Waals surface area contributed by atoms with Crippen molar-refractivity contribution in [2.45, 2.75) is 76.5 Å². The maximum atomic E-state index is 14.2. The van der Waals surface area contributed by atoms with Gasteiger partial charge in [-0.3, -0.25) is 0 Å². The summed E-state index contributed by atoms with van der Waals surface area (Å²) in [5.41, 5.74) is 4.67. The van der Waals surface area contributed by atoms with Gasteiger partial charge in [0.2, 0.25) is 0 Å². The molecular weight excluding hydrogens is 499 g/mol. The number of ether oxygens (including phenoxy) is 1. The molecule has 0 aromatic heterocycles. The Labute approximate surface area is 238 Å². The van der Waals surface area contributed by atoms with E-state index in [2.05, 4.69) is 66.1 Å². The molecule has 0 radical (unpaired) electrons. The second-order valence-corrected chi connectivity index (χ2v) is 12.6. The third-order valence-electron chi connectivity index (χ3n) is 10.4. The van der Waals surface area contributed by atoms with Crippen LogP contribution in [0.2, 0.25) is 0 Å². The molecule has 1 aliphatic heterocycles. The van der Waals surface area contributed by atoms with Crippen molar-refractivity contribution < 1.29 is 14.2 Å². The Morgan fingerprint density at radius 1 is 1.05 bits per heavy atom. The first kappa shape index (κ1) is 27.1. The predicted molar refractivity (Wildman–Crippen MR) is 160 cm³/mol. The minimum Gasteiger partial charge on any atom is -0.497 e. The Bertz CT molecular complexity index is 1290. The van der Waals surface area contributed by atoms with Crippen molar-refractivity contribution in [3.63, 3.8) is 0 Å². The van der Waals surface area contributed by atoms with Gasteiger partial charge < -0.3 is 20.5 Å². The molecule has 0 bridgehead atoms. The molecule has 212 valence electrons. The van der Waals surface area contributed by atoms with E-state index in [1.54, 1.807) is 25.3 Å². The Morgan fingerprint density at radius 3 is 2.55 bits per heavy atom. The van der Waals surface area contributed by atoms with Crippen LogP contribution in [-0.4, -0.2) is 24.5 Å². The minimum atomic E-state index is -0.743. The Kier molecular flexibility index (Phi) is 7.76. The van der Waals surface area contributed by atoms with Gasteiger partial charge in [0.25, 0.3) is 0 Å². The molecule has 0 amide bonds. The fourth-order valence-electron chi connectivity index (χ4n) is 8.27. The van der Waals surface area contributed by atoms with Crippen LogP contribution in [0.15, 0.2) is 72.8 Å². The van der Waals surface area contributed by atoms with E-state index >= 15 is 0 Å². The van der Waals surface area contributed by atoms with Crippen LogP contribution >= 0.6 is 0 Å². The number of para-hydroxylation sites is 1. The predicted octanol–water partition coefficient (Wildman–Crippen LogP) is 8.00. The quantitative estimate of drug-likeness (QED) is 0.253. The number of aliphatic hydroxyl groups is 1. The zero-order valence-electron chi connectivity index (χ0n) is 23.8. The summed E-state index contributed by atoms with van der Waals surface area (Å²) >= 11 is 0. The van der Waals surface area contributed by atoms with Crippen LogP contribution < -0.4 is 15.4 Å². The smallest absolute Gasteiger partial charge is 0.146 e. The van der Waals surface area contributed by atoms with Gasteiger partial charge in [0.15, 0.2) is 0 Å². The van der Waals surface area contributed by atoms with E-state index in [4.69, 9.17) is 4.74 Å². The average Bonchev–Trinajstić information content (AvgIpc) is 3.38. The first-order valence-corrected chi connectivity index (χ1v) is 15.1. The normalized spacial score (nSPS) is 29.8. The van der Waals surface area contributed by atoms with E-state index < -0.39 is 6.23 Å². The first-order valence-electron chi connectivity index (χ1n) is 15.1. The fourth-order valence-corrected chi connectivity index (χ4v) is 8.27. The molecule has 1 spiro atoms. The van der Waals surface area contributed by atoms with Crippen LogP contribution in [0.1, 0.15) is 68.9 Å². The lowest BCUT2D eigenvalue weighted by Crippen LogP contribution is -2.50. The zero-order chi connectivity index (χ0) is 27.7. The summed E-state index contributed by atoms with van der Waals surface area (Å²) in [6, 6.07) is 24.5. The van der Waals surface area contributed by atoms with Crippen LogP contribution in [0.25, 0.3) is 0 Å². The Balaban J connectivity index is 1.21. The van der Waals surface area contributed by atoms with Crippen molar-refractivity contribution in [1.82, 2.24) is 0 Å². The topological polar surface area (TPSA) is 53.5 Å². The van der Waals surface area contributed by atoms with Gasteiger partial charge in [0.05, 0.1) is 12.8 Å². The first-order chi connectivity index (χ1) is 19.5. The Hall–Kier alpha value is -3.05. The van der Waals surface area contributed by atoms with Crippen LogP contribution in [-0.2, 0) is 6.42 Å². The van der Waals surface area contributed by atoms with Crippen LogP contribution in [0.4, 0.5) is 15.8 Å². The van der Waals surface area contributed by atoms with E-state index in [0.717, 1.165) is 37.9 Å². The van der Waals surface area contributed by atoms with Crippen molar-refractivity contribution in [3.8, 4) is 5.75 Å². The summed E-state index contributed by atoms with van der Waals surface area (Å²) < 4.78 is 19.8. The van der Waals surface area contributed by atoms with Crippen molar-refractivity contribution in [3.05, 3.63) is 89.7 Å². The maximum absolute atomic E-state index is 14.2. The summed E-state index contributed by atoms with van der Waals surface area (Å²) in [6.07, 6.45) is 8.14.